The van der Waals surface area contributed by atoms with Crippen molar-refractivity contribution in [1.82, 2.24) is 3.53 Å². The van der Waals surface area contributed by atoms with E-state index in [0.717, 1.165) is 18.5 Å². The SMILES string of the molecule is Fc1ccc(CCNI)cc1. The van der Waals surface area contributed by atoms with E-state index in [-0.39, 0.29) is 5.82 Å². The van der Waals surface area contributed by atoms with Crippen LogP contribution in [-0.2, 0) is 6.42 Å². The standard InChI is InChI=1S/C8H9FIN/c9-8-3-1-7(2-4-8)5-6-11-10/h1-4,11H,5-6H2. The van der Waals surface area contributed by atoms with Crippen LogP contribution in [0.4, 0.5) is 4.39 Å². The van der Waals surface area contributed by atoms with Gasteiger partial charge in [0.15, 0.2) is 0 Å². The molecule has 0 amide bonds. The number of hydrogen-bond donors (Lipinski definition) is 1. The van der Waals surface area contributed by atoms with Crippen LogP contribution >= 0.6 is 22.9 Å². The summed E-state index contributed by atoms with van der Waals surface area (Å²) in [6.45, 7) is 0.923. The van der Waals surface area contributed by atoms with Gasteiger partial charge < -0.3 is 0 Å². The molecule has 0 spiro atoms. The molecule has 0 aliphatic rings. The quantitative estimate of drug-likeness (QED) is 0.653. The molecule has 0 heterocycles. The highest BCUT2D eigenvalue weighted by Gasteiger charge is 1.91. The molecule has 60 valence electrons. The lowest BCUT2D eigenvalue weighted by atomic mass is 10.1. The molecule has 0 saturated carbocycles. The molecule has 0 aromatic heterocycles. The van der Waals surface area contributed by atoms with Gasteiger partial charge in [-0.05, 0) is 24.1 Å². The molecule has 1 aromatic rings. The Balaban J connectivity index is 2.52. The average molecular weight is 265 g/mol. The van der Waals surface area contributed by atoms with Gasteiger partial charge in [-0.15, -0.1) is 0 Å². The third-order valence-corrected chi connectivity index (χ3v) is 1.96. The third kappa shape index (κ3) is 3.16. The molecule has 0 fully saturated rings. The van der Waals surface area contributed by atoms with Crippen LogP contribution in [0.5, 0.6) is 0 Å². The van der Waals surface area contributed by atoms with Gasteiger partial charge in [0.25, 0.3) is 0 Å². The minimum absolute atomic E-state index is 0.170. The Morgan fingerprint density at radius 1 is 1.27 bits per heavy atom. The summed E-state index contributed by atoms with van der Waals surface area (Å²) in [5.41, 5.74) is 1.16. The van der Waals surface area contributed by atoms with Gasteiger partial charge in [0.2, 0.25) is 0 Å². The second-order valence-corrected chi connectivity index (χ2v) is 3.02. The van der Waals surface area contributed by atoms with Crippen molar-refractivity contribution in [3.05, 3.63) is 35.6 Å². The fourth-order valence-electron chi connectivity index (χ4n) is 0.843. The Morgan fingerprint density at radius 2 is 1.91 bits per heavy atom. The van der Waals surface area contributed by atoms with Gasteiger partial charge in [-0.1, -0.05) is 12.1 Å². The molecule has 3 heteroatoms. The first-order valence-electron chi connectivity index (χ1n) is 3.41. The van der Waals surface area contributed by atoms with Crippen LogP contribution in [0.15, 0.2) is 24.3 Å². The van der Waals surface area contributed by atoms with E-state index in [1.807, 2.05) is 12.1 Å². The monoisotopic (exact) mass is 265 g/mol. The topological polar surface area (TPSA) is 12.0 Å². The van der Waals surface area contributed by atoms with Gasteiger partial charge in [0.1, 0.15) is 5.82 Å². The molecule has 0 saturated heterocycles. The second-order valence-electron chi connectivity index (χ2n) is 2.26. The molecule has 0 atom stereocenters. The number of halogens is 2. The van der Waals surface area contributed by atoms with Crippen molar-refractivity contribution >= 4 is 22.9 Å². The van der Waals surface area contributed by atoms with E-state index in [4.69, 9.17) is 0 Å². The van der Waals surface area contributed by atoms with Crippen LogP contribution in [-0.4, -0.2) is 6.54 Å². The lowest BCUT2D eigenvalue weighted by molar-refractivity contribution is 0.627. The smallest absolute Gasteiger partial charge is 0.123 e. The summed E-state index contributed by atoms with van der Waals surface area (Å²) in [5, 5.41) is 0. The van der Waals surface area contributed by atoms with Crippen LogP contribution in [0.1, 0.15) is 5.56 Å². The lowest BCUT2D eigenvalue weighted by Gasteiger charge is -1.98. The summed E-state index contributed by atoms with van der Waals surface area (Å²) in [6.07, 6.45) is 0.948. The fraction of sp³-hybridized carbons (Fsp3) is 0.250. The van der Waals surface area contributed by atoms with Gasteiger partial charge in [-0.25, -0.2) is 4.39 Å². The fourth-order valence-corrected chi connectivity index (χ4v) is 1.11. The maximum Gasteiger partial charge on any atom is 0.123 e. The minimum atomic E-state index is -0.170. The summed E-state index contributed by atoms with van der Waals surface area (Å²) >= 11 is 2.10. The normalized spacial score (nSPS) is 10.0. The minimum Gasteiger partial charge on any atom is -0.261 e. The zero-order valence-corrected chi connectivity index (χ0v) is 8.14. The Kier molecular flexibility index (Phi) is 3.79. The van der Waals surface area contributed by atoms with Crippen molar-refractivity contribution in [2.24, 2.45) is 0 Å². The van der Waals surface area contributed by atoms with Crippen LogP contribution in [0, 0.1) is 5.82 Å². The van der Waals surface area contributed by atoms with Crippen LogP contribution in [0.2, 0.25) is 0 Å². The van der Waals surface area contributed by atoms with Gasteiger partial charge in [-0.3, -0.25) is 3.53 Å². The molecule has 1 N–H and O–H groups in total. The van der Waals surface area contributed by atoms with Crippen LogP contribution in [0.25, 0.3) is 0 Å². The van der Waals surface area contributed by atoms with Crippen molar-refractivity contribution in [2.75, 3.05) is 6.54 Å². The van der Waals surface area contributed by atoms with E-state index in [2.05, 4.69) is 26.4 Å². The zero-order valence-electron chi connectivity index (χ0n) is 5.98. The van der Waals surface area contributed by atoms with Crippen molar-refractivity contribution in [3.8, 4) is 0 Å². The van der Waals surface area contributed by atoms with Gasteiger partial charge >= 0.3 is 0 Å². The number of benzene rings is 1. The summed E-state index contributed by atoms with van der Waals surface area (Å²) in [4.78, 5) is 0. The maximum atomic E-state index is 12.4. The van der Waals surface area contributed by atoms with Gasteiger partial charge in [-0.2, -0.15) is 0 Å². The summed E-state index contributed by atoms with van der Waals surface area (Å²) in [7, 11) is 0. The van der Waals surface area contributed by atoms with E-state index >= 15 is 0 Å². The Hall–Kier alpha value is -0.160. The average Bonchev–Trinajstić information content (AvgIpc) is 2.04. The molecule has 0 radical (unpaired) electrons. The molecule has 1 aromatic carbocycles. The molecular weight excluding hydrogens is 256 g/mol. The molecule has 1 rings (SSSR count). The van der Waals surface area contributed by atoms with Crippen molar-refractivity contribution in [1.29, 1.82) is 0 Å². The maximum absolute atomic E-state index is 12.4. The molecule has 0 aliphatic carbocycles. The summed E-state index contributed by atoms with van der Waals surface area (Å²) < 4.78 is 15.4. The van der Waals surface area contributed by atoms with E-state index < -0.39 is 0 Å². The molecule has 0 aliphatic heterocycles. The van der Waals surface area contributed by atoms with E-state index in [1.165, 1.54) is 12.1 Å². The van der Waals surface area contributed by atoms with Crippen molar-refractivity contribution < 1.29 is 4.39 Å². The summed E-state index contributed by atoms with van der Waals surface area (Å²) in [6, 6.07) is 6.59. The first-order valence-corrected chi connectivity index (χ1v) is 4.49. The highest BCUT2D eigenvalue weighted by Crippen LogP contribution is 2.02. The molecular formula is C8H9FIN. The second kappa shape index (κ2) is 4.66. The molecule has 0 bridgehead atoms. The van der Waals surface area contributed by atoms with E-state index in [9.17, 15) is 4.39 Å². The summed E-state index contributed by atoms with van der Waals surface area (Å²) in [5.74, 6) is -0.170. The van der Waals surface area contributed by atoms with E-state index in [1.54, 1.807) is 0 Å². The highest BCUT2D eigenvalue weighted by atomic mass is 127. The lowest BCUT2D eigenvalue weighted by Crippen LogP contribution is -2.03. The number of rotatable bonds is 3. The number of nitrogens with one attached hydrogen (secondary N) is 1. The Labute approximate surface area is 79.5 Å². The first-order chi connectivity index (χ1) is 5.33. The molecule has 1 nitrogen and oxygen atoms in total. The third-order valence-electron chi connectivity index (χ3n) is 1.42. The van der Waals surface area contributed by atoms with Crippen molar-refractivity contribution in [2.45, 2.75) is 6.42 Å². The highest BCUT2D eigenvalue weighted by molar-refractivity contribution is 14.1. The van der Waals surface area contributed by atoms with Gasteiger partial charge in [0, 0.05) is 29.4 Å². The Bertz CT molecular complexity index is 210. The van der Waals surface area contributed by atoms with E-state index in [0.29, 0.717) is 0 Å². The molecule has 0 unspecified atom stereocenters. The molecule has 11 heavy (non-hydrogen) atoms. The Morgan fingerprint density at radius 3 is 2.45 bits per heavy atom. The van der Waals surface area contributed by atoms with Crippen LogP contribution in [0.3, 0.4) is 0 Å². The zero-order chi connectivity index (χ0) is 8.10. The van der Waals surface area contributed by atoms with Gasteiger partial charge in [0.05, 0.1) is 0 Å². The van der Waals surface area contributed by atoms with Crippen LogP contribution < -0.4 is 3.53 Å². The largest absolute Gasteiger partial charge is 0.261 e. The number of hydrogen-bond acceptors (Lipinski definition) is 1. The first kappa shape index (κ1) is 8.93. The predicted octanol–water partition coefficient (Wildman–Crippen LogP) is 2.31. The van der Waals surface area contributed by atoms with Crippen molar-refractivity contribution in [3.63, 3.8) is 0 Å². The predicted molar refractivity (Wildman–Crippen MR) is 52.1 cm³/mol.